The smallest absolute Gasteiger partial charge is 0.216 e. The molecule has 5 heteroatoms. The molecule has 26 heavy (non-hydrogen) atoms. The number of morpholine rings is 1. The summed E-state index contributed by atoms with van der Waals surface area (Å²) in [6.45, 7) is 3.35. The van der Waals surface area contributed by atoms with Gasteiger partial charge in [0.2, 0.25) is 5.79 Å². The van der Waals surface area contributed by atoms with Gasteiger partial charge in [-0.2, -0.15) is 0 Å². The summed E-state index contributed by atoms with van der Waals surface area (Å²) in [5.74, 6) is -2.32. The van der Waals surface area contributed by atoms with Crippen LogP contribution in [0.25, 0.3) is 0 Å². The standard InChI is InChI=1S/C21H41NO4/c1-4-5-6-7-8-9-10-11-12-13-14-15-21(25)18-22(2,3)17-19(26-21)16-20(23)24/h19,25H,4-18H2,1-3H3/t19-,21-/m1/s1. The molecule has 0 bridgehead atoms. The highest BCUT2D eigenvalue weighted by Gasteiger charge is 2.44. The number of nitrogens with zero attached hydrogens (tertiary/aromatic N) is 1. The third kappa shape index (κ3) is 10.5. The van der Waals surface area contributed by atoms with E-state index in [2.05, 4.69) is 6.92 Å². The summed E-state index contributed by atoms with van der Waals surface area (Å²) in [5, 5.41) is 21.7. The Balaban J connectivity index is 2.15. The SMILES string of the molecule is CCCCCCCCCCCCC[C@]1(O)C[N+](C)(C)C[C@@H](CC(=O)[O-])O1. The molecule has 5 nitrogen and oxygen atoms in total. The molecular weight excluding hydrogens is 330 g/mol. The van der Waals surface area contributed by atoms with Crippen LogP contribution in [0.5, 0.6) is 0 Å². The van der Waals surface area contributed by atoms with Crippen molar-refractivity contribution in [1.29, 1.82) is 0 Å². The van der Waals surface area contributed by atoms with Crippen LogP contribution in [0.15, 0.2) is 0 Å². The molecule has 0 aromatic carbocycles. The number of ether oxygens (including phenoxy) is 1. The van der Waals surface area contributed by atoms with Crippen molar-refractivity contribution in [1.82, 2.24) is 0 Å². The number of carboxylic acid groups (broad SMARTS) is 1. The molecule has 0 radical (unpaired) electrons. The second kappa shape index (κ2) is 11.9. The van der Waals surface area contributed by atoms with Crippen LogP contribution in [-0.2, 0) is 9.53 Å². The molecule has 1 rings (SSSR count). The maximum absolute atomic E-state index is 10.9. The maximum Gasteiger partial charge on any atom is 0.216 e. The molecule has 0 aliphatic carbocycles. The average Bonchev–Trinajstić information content (AvgIpc) is 2.50. The lowest BCUT2D eigenvalue weighted by Gasteiger charge is -2.46. The molecule has 1 heterocycles. The minimum Gasteiger partial charge on any atom is -0.550 e. The predicted octanol–water partition coefficient (Wildman–Crippen LogP) is 2.99. The van der Waals surface area contributed by atoms with Gasteiger partial charge < -0.3 is 24.2 Å². The molecule has 1 aliphatic heterocycles. The summed E-state index contributed by atoms with van der Waals surface area (Å²) in [5.41, 5.74) is 0. The van der Waals surface area contributed by atoms with E-state index in [-0.39, 0.29) is 6.42 Å². The van der Waals surface area contributed by atoms with Crippen LogP contribution in [0.4, 0.5) is 0 Å². The lowest BCUT2D eigenvalue weighted by atomic mass is 10.0. The first-order valence-electron chi connectivity index (χ1n) is 10.7. The van der Waals surface area contributed by atoms with E-state index in [0.717, 1.165) is 12.8 Å². The molecule has 154 valence electrons. The lowest BCUT2D eigenvalue weighted by Crippen LogP contribution is -2.63. The fraction of sp³-hybridized carbons (Fsp3) is 0.952. The second-order valence-corrected chi connectivity index (χ2v) is 8.82. The molecule has 1 aliphatic rings. The van der Waals surface area contributed by atoms with Gasteiger partial charge in [-0.05, 0) is 6.42 Å². The van der Waals surface area contributed by atoms with Crippen molar-refractivity contribution in [2.75, 3.05) is 27.2 Å². The van der Waals surface area contributed by atoms with Gasteiger partial charge in [-0.25, -0.2) is 0 Å². The third-order valence-corrected chi connectivity index (χ3v) is 5.32. The summed E-state index contributed by atoms with van der Waals surface area (Å²) < 4.78 is 6.31. The highest BCUT2D eigenvalue weighted by Crippen LogP contribution is 2.29. The summed E-state index contributed by atoms with van der Waals surface area (Å²) >= 11 is 0. The van der Waals surface area contributed by atoms with E-state index in [1.165, 1.54) is 57.8 Å². The van der Waals surface area contributed by atoms with E-state index in [9.17, 15) is 15.0 Å². The number of likely N-dealkylation sites (N-methyl/N-ethyl adjacent to an activating group) is 1. The largest absolute Gasteiger partial charge is 0.550 e. The van der Waals surface area contributed by atoms with Gasteiger partial charge in [0, 0.05) is 18.8 Å². The molecule has 0 amide bonds. The predicted molar refractivity (Wildman–Crippen MR) is 102 cm³/mol. The fourth-order valence-corrected chi connectivity index (χ4v) is 4.16. The Morgan fingerprint density at radius 2 is 1.54 bits per heavy atom. The van der Waals surface area contributed by atoms with Crippen LogP contribution in [-0.4, -0.2) is 54.6 Å². The number of aliphatic carboxylic acids is 1. The summed E-state index contributed by atoms with van der Waals surface area (Å²) in [6, 6.07) is 0. The quantitative estimate of drug-likeness (QED) is 0.376. The monoisotopic (exact) mass is 371 g/mol. The molecule has 1 N–H and O–H groups in total. The number of hydrogen-bond donors (Lipinski definition) is 1. The van der Waals surface area contributed by atoms with Gasteiger partial charge in [-0.3, -0.25) is 0 Å². The second-order valence-electron chi connectivity index (χ2n) is 8.82. The Morgan fingerprint density at radius 1 is 1.04 bits per heavy atom. The van der Waals surface area contributed by atoms with E-state index in [1.807, 2.05) is 14.1 Å². The topological polar surface area (TPSA) is 69.6 Å². The minimum absolute atomic E-state index is 0.151. The van der Waals surface area contributed by atoms with Crippen LogP contribution in [0, 0.1) is 0 Å². The van der Waals surface area contributed by atoms with Crippen molar-refractivity contribution >= 4 is 5.97 Å². The summed E-state index contributed by atoms with van der Waals surface area (Å²) in [6.07, 6.45) is 13.9. The molecule has 0 unspecified atom stereocenters. The molecule has 0 aromatic heterocycles. The van der Waals surface area contributed by atoms with E-state index < -0.39 is 17.9 Å². The van der Waals surface area contributed by atoms with Gasteiger partial charge in [-0.1, -0.05) is 71.1 Å². The average molecular weight is 372 g/mol. The Bertz CT molecular complexity index is 399. The van der Waals surface area contributed by atoms with Crippen molar-refractivity contribution in [3.05, 3.63) is 0 Å². The van der Waals surface area contributed by atoms with Crippen LogP contribution >= 0.6 is 0 Å². The van der Waals surface area contributed by atoms with Crippen LogP contribution in [0.2, 0.25) is 0 Å². The number of carboxylic acids is 1. The normalized spacial score (nSPS) is 25.3. The van der Waals surface area contributed by atoms with Gasteiger partial charge in [-0.15, -0.1) is 0 Å². The Hall–Kier alpha value is -0.650. The first kappa shape index (κ1) is 23.4. The van der Waals surface area contributed by atoms with Crippen molar-refractivity contribution < 1.29 is 24.2 Å². The van der Waals surface area contributed by atoms with Gasteiger partial charge in [0.1, 0.15) is 19.2 Å². The van der Waals surface area contributed by atoms with E-state index in [0.29, 0.717) is 24.0 Å². The minimum atomic E-state index is -1.21. The van der Waals surface area contributed by atoms with Crippen LogP contribution in [0.1, 0.15) is 90.4 Å². The number of rotatable bonds is 14. The fourth-order valence-electron chi connectivity index (χ4n) is 4.16. The first-order chi connectivity index (χ1) is 12.3. The van der Waals surface area contributed by atoms with Crippen molar-refractivity contribution in [3.8, 4) is 0 Å². The van der Waals surface area contributed by atoms with E-state index >= 15 is 0 Å². The van der Waals surface area contributed by atoms with Crippen molar-refractivity contribution in [2.45, 2.75) is 102 Å². The lowest BCUT2D eigenvalue weighted by molar-refractivity contribution is -0.915. The maximum atomic E-state index is 10.9. The molecule has 1 fully saturated rings. The molecule has 0 spiro atoms. The van der Waals surface area contributed by atoms with Gasteiger partial charge in [0.25, 0.3) is 0 Å². The summed E-state index contributed by atoms with van der Waals surface area (Å²) in [7, 11) is 4.02. The Labute approximate surface area is 160 Å². The zero-order valence-electron chi connectivity index (χ0n) is 17.3. The Morgan fingerprint density at radius 3 is 2.04 bits per heavy atom. The highest BCUT2D eigenvalue weighted by molar-refractivity contribution is 5.64. The number of unbranched alkanes of at least 4 members (excludes halogenated alkanes) is 10. The van der Waals surface area contributed by atoms with Gasteiger partial charge in [0.15, 0.2) is 0 Å². The zero-order chi connectivity index (χ0) is 19.5. The Kier molecular flexibility index (Phi) is 10.7. The van der Waals surface area contributed by atoms with Crippen molar-refractivity contribution in [3.63, 3.8) is 0 Å². The van der Waals surface area contributed by atoms with Crippen molar-refractivity contribution in [2.24, 2.45) is 0 Å². The zero-order valence-corrected chi connectivity index (χ0v) is 17.3. The highest BCUT2D eigenvalue weighted by atomic mass is 16.6. The molecular formula is C21H41NO4. The molecule has 2 atom stereocenters. The van der Waals surface area contributed by atoms with E-state index in [1.54, 1.807) is 0 Å². The summed E-state index contributed by atoms with van der Waals surface area (Å²) in [4.78, 5) is 10.9. The number of carbonyl (C=O) groups is 1. The van der Waals surface area contributed by atoms with Gasteiger partial charge >= 0.3 is 0 Å². The van der Waals surface area contributed by atoms with Gasteiger partial charge in [0.05, 0.1) is 14.1 Å². The van der Waals surface area contributed by atoms with Crippen LogP contribution in [0.3, 0.4) is 0 Å². The number of quaternary nitrogens is 1. The number of aliphatic hydroxyl groups is 1. The third-order valence-electron chi connectivity index (χ3n) is 5.32. The number of carbonyl (C=O) groups excluding carboxylic acids is 1. The molecule has 0 aromatic rings. The van der Waals surface area contributed by atoms with E-state index in [4.69, 9.17) is 4.74 Å². The molecule has 0 saturated carbocycles. The first-order valence-corrected chi connectivity index (χ1v) is 10.7. The van der Waals surface area contributed by atoms with Crippen LogP contribution < -0.4 is 5.11 Å². The molecule has 1 saturated heterocycles. The number of hydrogen-bond acceptors (Lipinski definition) is 4.